The molecule has 1 atom stereocenters. The summed E-state index contributed by atoms with van der Waals surface area (Å²) in [6.45, 7) is 1.84. The van der Waals surface area contributed by atoms with Gasteiger partial charge in [-0.1, -0.05) is 18.7 Å². The van der Waals surface area contributed by atoms with E-state index in [1.165, 1.54) is 11.8 Å². The maximum atomic E-state index is 10.4. The minimum atomic E-state index is -0.804. The fourth-order valence-electron chi connectivity index (χ4n) is 0.829. The Hall–Kier alpha value is -0.620. The van der Waals surface area contributed by atoms with E-state index in [0.717, 1.165) is 4.47 Å². The number of carbonyl (C=O) groups is 1. The molecule has 0 fully saturated rings. The van der Waals surface area contributed by atoms with Crippen LogP contribution in [0.1, 0.15) is 13.3 Å². The average molecular weight is 277 g/mol. The molecule has 0 spiro atoms. The van der Waals surface area contributed by atoms with Crippen LogP contribution in [0.5, 0.6) is 0 Å². The first-order valence-corrected chi connectivity index (χ1v) is 5.61. The number of thioether (sulfide) groups is 1. The van der Waals surface area contributed by atoms with Gasteiger partial charge >= 0.3 is 5.97 Å². The van der Waals surface area contributed by atoms with Crippen LogP contribution < -0.4 is 0 Å². The molecule has 0 aliphatic rings. The molecule has 14 heavy (non-hydrogen) atoms. The van der Waals surface area contributed by atoms with Crippen molar-refractivity contribution >= 4 is 33.7 Å². The molecule has 0 saturated heterocycles. The minimum absolute atomic E-state index is 0.0197. The third-order valence-corrected chi connectivity index (χ3v) is 2.77. The average Bonchev–Trinajstić information content (AvgIpc) is 2.07. The number of rotatable bonds is 4. The summed E-state index contributed by atoms with van der Waals surface area (Å²) >= 11 is 4.58. The van der Waals surface area contributed by atoms with Gasteiger partial charge in [0.1, 0.15) is 0 Å². The summed E-state index contributed by atoms with van der Waals surface area (Å²) in [5, 5.41) is 9.12. The second kappa shape index (κ2) is 5.31. The molecule has 1 heterocycles. The summed E-state index contributed by atoms with van der Waals surface area (Å²) in [5.74, 6) is -0.804. The molecule has 6 heteroatoms. The summed E-state index contributed by atoms with van der Waals surface area (Å²) in [7, 11) is 0. The molecule has 76 valence electrons. The van der Waals surface area contributed by atoms with Crippen molar-refractivity contribution < 1.29 is 9.90 Å². The molecule has 0 radical (unpaired) electrons. The second-order valence-corrected chi connectivity index (χ2v) is 5.03. The minimum Gasteiger partial charge on any atom is -0.481 e. The summed E-state index contributed by atoms with van der Waals surface area (Å²) in [6, 6.07) is 0. The molecule has 1 rings (SSSR count). The van der Waals surface area contributed by atoms with Crippen LogP contribution in [0.4, 0.5) is 0 Å². The predicted molar refractivity (Wildman–Crippen MR) is 57.3 cm³/mol. The zero-order valence-electron chi connectivity index (χ0n) is 7.48. The molecule has 4 nitrogen and oxygen atoms in total. The third kappa shape index (κ3) is 4.06. The van der Waals surface area contributed by atoms with Crippen molar-refractivity contribution in [3.63, 3.8) is 0 Å². The summed E-state index contributed by atoms with van der Waals surface area (Å²) in [5.41, 5.74) is 0. The van der Waals surface area contributed by atoms with E-state index in [0.29, 0.717) is 5.16 Å². The van der Waals surface area contributed by atoms with Crippen molar-refractivity contribution in [3.05, 3.63) is 16.9 Å². The van der Waals surface area contributed by atoms with Gasteiger partial charge in [0, 0.05) is 17.6 Å². The summed E-state index contributed by atoms with van der Waals surface area (Å²) in [6.07, 6.45) is 3.40. The second-order valence-electron chi connectivity index (χ2n) is 2.71. The highest BCUT2D eigenvalue weighted by molar-refractivity contribution is 9.10. The van der Waals surface area contributed by atoms with Crippen LogP contribution in [0.15, 0.2) is 22.0 Å². The van der Waals surface area contributed by atoms with E-state index in [1.54, 1.807) is 12.4 Å². The Bertz CT molecular complexity index is 318. The molecule has 1 N–H and O–H groups in total. The zero-order valence-corrected chi connectivity index (χ0v) is 9.88. The lowest BCUT2D eigenvalue weighted by Crippen LogP contribution is -2.06. The highest BCUT2D eigenvalue weighted by atomic mass is 79.9. The number of hydrogen-bond donors (Lipinski definition) is 1. The van der Waals surface area contributed by atoms with Crippen molar-refractivity contribution in [2.75, 3.05) is 0 Å². The summed E-state index contributed by atoms with van der Waals surface area (Å²) < 4.78 is 0.813. The molecule has 0 aliphatic heterocycles. The number of nitrogens with zero attached hydrogens (tertiary/aromatic N) is 2. The van der Waals surface area contributed by atoms with Gasteiger partial charge in [0.15, 0.2) is 5.16 Å². The van der Waals surface area contributed by atoms with E-state index in [1.807, 2.05) is 6.92 Å². The lowest BCUT2D eigenvalue weighted by Gasteiger charge is -2.05. The van der Waals surface area contributed by atoms with Gasteiger partial charge in [-0.3, -0.25) is 4.79 Å². The van der Waals surface area contributed by atoms with Crippen LogP contribution in [0, 0.1) is 0 Å². The fraction of sp³-hybridized carbons (Fsp3) is 0.375. The van der Waals surface area contributed by atoms with Crippen molar-refractivity contribution in [3.8, 4) is 0 Å². The van der Waals surface area contributed by atoms with Crippen LogP contribution in [-0.4, -0.2) is 26.3 Å². The zero-order chi connectivity index (χ0) is 10.6. The number of hydrogen-bond acceptors (Lipinski definition) is 4. The molecule has 0 aliphatic carbocycles. The monoisotopic (exact) mass is 276 g/mol. The van der Waals surface area contributed by atoms with Gasteiger partial charge in [0.25, 0.3) is 0 Å². The number of carboxylic acid groups (broad SMARTS) is 1. The Kier molecular flexibility index (Phi) is 4.34. The first-order valence-electron chi connectivity index (χ1n) is 3.94. The Morgan fingerprint density at radius 2 is 2.21 bits per heavy atom. The Labute approximate surface area is 94.3 Å². The van der Waals surface area contributed by atoms with E-state index in [9.17, 15) is 4.79 Å². The van der Waals surface area contributed by atoms with Gasteiger partial charge < -0.3 is 5.11 Å². The Morgan fingerprint density at radius 1 is 1.64 bits per heavy atom. The largest absolute Gasteiger partial charge is 0.481 e. The van der Waals surface area contributed by atoms with Crippen LogP contribution in [0.3, 0.4) is 0 Å². The van der Waals surface area contributed by atoms with Gasteiger partial charge in [-0.15, -0.1) is 0 Å². The van der Waals surface area contributed by atoms with Crippen molar-refractivity contribution in [1.29, 1.82) is 0 Å². The van der Waals surface area contributed by atoms with Gasteiger partial charge in [-0.2, -0.15) is 0 Å². The van der Waals surface area contributed by atoms with Gasteiger partial charge in [0.2, 0.25) is 0 Å². The molecule has 0 bridgehead atoms. The number of aromatic nitrogens is 2. The fourth-order valence-corrected chi connectivity index (χ4v) is 1.85. The third-order valence-electron chi connectivity index (χ3n) is 1.37. The normalized spacial score (nSPS) is 12.4. The first-order chi connectivity index (χ1) is 6.58. The molecule has 1 aromatic rings. The molecular formula is C8H9BrN2O2S. The van der Waals surface area contributed by atoms with E-state index >= 15 is 0 Å². The molecule has 0 amide bonds. The van der Waals surface area contributed by atoms with Crippen LogP contribution >= 0.6 is 27.7 Å². The maximum absolute atomic E-state index is 10.4. The molecular weight excluding hydrogens is 268 g/mol. The SMILES string of the molecule is CC(CC(=O)O)Sc1ncc(Br)cn1. The maximum Gasteiger partial charge on any atom is 0.304 e. The molecule has 0 aromatic carbocycles. The van der Waals surface area contributed by atoms with E-state index in [4.69, 9.17) is 5.11 Å². The number of aliphatic carboxylic acids is 1. The van der Waals surface area contributed by atoms with E-state index in [2.05, 4.69) is 25.9 Å². The topological polar surface area (TPSA) is 63.1 Å². The quantitative estimate of drug-likeness (QED) is 0.675. The van der Waals surface area contributed by atoms with Crippen molar-refractivity contribution in [2.24, 2.45) is 0 Å². The first kappa shape index (κ1) is 11.5. The summed E-state index contributed by atoms with van der Waals surface area (Å²) in [4.78, 5) is 18.5. The van der Waals surface area contributed by atoms with Gasteiger partial charge in [-0.25, -0.2) is 9.97 Å². The van der Waals surface area contributed by atoms with Crippen LogP contribution in [0.2, 0.25) is 0 Å². The van der Waals surface area contributed by atoms with E-state index < -0.39 is 5.97 Å². The van der Waals surface area contributed by atoms with Gasteiger partial charge in [0.05, 0.1) is 10.9 Å². The van der Waals surface area contributed by atoms with Gasteiger partial charge in [-0.05, 0) is 15.9 Å². The standard InChI is InChI=1S/C8H9BrN2O2S/c1-5(2-7(12)13)14-8-10-3-6(9)4-11-8/h3-5H,2H2,1H3,(H,12,13). The number of carboxylic acids is 1. The molecule has 1 unspecified atom stereocenters. The van der Waals surface area contributed by atoms with E-state index in [-0.39, 0.29) is 11.7 Å². The molecule has 0 saturated carbocycles. The lowest BCUT2D eigenvalue weighted by atomic mass is 10.3. The highest BCUT2D eigenvalue weighted by Crippen LogP contribution is 2.21. The van der Waals surface area contributed by atoms with Crippen molar-refractivity contribution in [2.45, 2.75) is 23.8 Å². The lowest BCUT2D eigenvalue weighted by molar-refractivity contribution is -0.136. The molecule has 1 aromatic heterocycles. The van der Waals surface area contributed by atoms with Crippen LogP contribution in [-0.2, 0) is 4.79 Å². The predicted octanol–water partition coefficient (Wildman–Crippen LogP) is 2.19. The Morgan fingerprint density at radius 3 is 2.71 bits per heavy atom. The van der Waals surface area contributed by atoms with Crippen molar-refractivity contribution in [1.82, 2.24) is 9.97 Å². The number of halogens is 1. The Balaban J connectivity index is 2.51. The smallest absolute Gasteiger partial charge is 0.304 e. The van der Waals surface area contributed by atoms with Crippen LogP contribution in [0.25, 0.3) is 0 Å². The highest BCUT2D eigenvalue weighted by Gasteiger charge is 2.10.